The molecule has 6 heteroatoms. The molecule has 3 N–H and O–H groups in total. The second kappa shape index (κ2) is 6.15. The van der Waals surface area contributed by atoms with Gasteiger partial charge in [-0.05, 0) is 0 Å². The first-order valence-electron chi connectivity index (χ1n) is 4.71. The van der Waals surface area contributed by atoms with Crippen molar-refractivity contribution in [2.45, 2.75) is 13.1 Å². The van der Waals surface area contributed by atoms with E-state index in [1.807, 2.05) is 0 Å². The van der Waals surface area contributed by atoms with Gasteiger partial charge in [0.1, 0.15) is 6.54 Å². The van der Waals surface area contributed by atoms with Crippen LogP contribution >= 0.6 is 0 Å². The van der Waals surface area contributed by atoms with Crippen LogP contribution in [-0.4, -0.2) is 35.7 Å². The van der Waals surface area contributed by atoms with Gasteiger partial charge in [-0.2, -0.15) is 0 Å². The van der Waals surface area contributed by atoms with E-state index in [-0.39, 0.29) is 12.5 Å². The number of carbonyl (C=O) groups excluding carboxylic acids is 1. The summed E-state index contributed by atoms with van der Waals surface area (Å²) in [6.07, 6.45) is 3.31. The Morgan fingerprint density at radius 2 is 2.53 bits per heavy atom. The Hall–Kier alpha value is -1.40. The largest absolute Gasteiger partial charge is 0.383 e. The van der Waals surface area contributed by atoms with Crippen LogP contribution in [0.4, 0.5) is 0 Å². The first-order valence-corrected chi connectivity index (χ1v) is 4.71. The van der Waals surface area contributed by atoms with Crippen LogP contribution in [0.15, 0.2) is 12.5 Å². The molecule has 0 aliphatic carbocycles. The normalized spacial score (nSPS) is 10.5. The van der Waals surface area contributed by atoms with Crippen LogP contribution in [0.3, 0.4) is 0 Å². The maximum absolute atomic E-state index is 10.7. The molecule has 0 saturated heterocycles. The molecule has 0 saturated carbocycles. The van der Waals surface area contributed by atoms with Crippen molar-refractivity contribution in [1.82, 2.24) is 14.9 Å². The molecule has 15 heavy (non-hydrogen) atoms. The summed E-state index contributed by atoms with van der Waals surface area (Å²) in [5, 5.41) is 3.16. The summed E-state index contributed by atoms with van der Waals surface area (Å²) in [5.41, 5.74) is 6.04. The van der Waals surface area contributed by atoms with Crippen molar-refractivity contribution in [3.63, 3.8) is 0 Å². The van der Waals surface area contributed by atoms with Gasteiger partial charge in [0.2, 0.25) is 5.91 Å². The number of rotatable bonds is 7. The Balaban J connectivity index is 2.39. The molecule has 0 aliphatic heterocycles. The van der Waals surface area contributed by atoms with E-state index in [2.05, 4.69) is 10.3 Å². The highest BCUT2D eigenvalue weighted by atomic mass is 16.5. The molecule has 0 atom stereocenters. The monoisotopic (exact) mass is 212 g/mol. The van der Waals surface area contributed by atoms with Crippen molar-refractivity contribution in [3.05, 3.63) is 18.2 Å². The molecule has 1 amide bonds. The molecule has 1 aromatic rings. The molecule has 0 radical (unpaired) electrons. The van der Waals surface area contributed by atoms with Crippen molar-refractivity contribution < 1.29 is 9.53 Å². The summed E-state index contributed by atoms with van der Waals surface area (Å²) in [5.74, 6) is -0.369. The zero-order valence-corrected chi connectivity index (χ0v) is 8.77. The van der Waals surface area contributed by atoms with Gasteiger partial charge in [0.05, 0.1) is 18.6 Å². The van der Waals surface area contributed by atoms with Crippen molar-refractivity contribution >= 4 is 5.91 Å². The third kappa shape index (κ3) is 4.09. The topological polar surface area (TPSA) is 82.2 Å². The molecular weight excluding hydrogens is 196 g/mol. The van der Waals surface area contributed by atoms with Crippen molar-refractivity contribution in [1.29, 1.82) is 0 Å². The predicted molar refractivity (Wildman–Crippen MR) is 55.0 cm³/mol. The van der Waals surface area contributed by atoms with Crippen LogP contribution in [0.2, 0.25) is 0 Å². The minimum Gasteiger partial charge on any atom is -0.383 e. The van der Waals surface area contributed by atoms with Crippen LogP contribution < -0.4 is 11.1 Å². The third-order valence-electron chi connectivity index (χ3n) is 1.91. The van der Waals surface area contributed by atoms with Crippen LogP contribution in [-0.2, 0) is 22.6 Å². The number of ether oxygens (including phenoxy) is 1. The van der Waals surface area contributed by atoms with Gasteiger partial charge in [-0.25, -0.2) is 4.98 Å². The first-order chi connectivity index (χ1) is 7.24. The van der Waals surface area contributed by atoms with Gasteiger partial charge < -0.3 is 20.4 Å². The smallest absolute Gasteiger partial charge is 0.237 e. The van der Waals surface area contributed by atoms with Gasteiger partial charge in [0.25, 0.3) is 0 Å². The van der Waals surface area contributed by atoms with Crippen molar-refractivity contribution in [2.75, 3.05) is 20.3 Å². The molecular formula is C9H16N4O2. The second-order valence-corrected chi connectivity index (χ2v) is 3.15. The van der Waals surface area contributed by atoms with Gasteiger partial charge in [-0.3, -0.25) is 4.79 Å². The van der Waals surface area contributed by atoms with E-state index in [0.717, 1.165) is 12.2 Å². The summed E-state index contributed by atoms with van der Waals surface area (Å²) >= 11 is 0. The summed E-state index contributed by atoms with van der Waals surface area (Å²) in [4.78, 5) is 14.7. The average molecular weight is 212 g/mol. The minimum absolute atomic E-state index is 0.168. The molecule has 1 heterocycles. The number of hydrogen-bond donors (Lipinski definition) is 2. The molecule has 1 aromatic heterocycles. The maximum atomic E-state index is 10.7. The number of amides is 1. The van der Waals surface area contributed by atoms with E-state index in [9.17, 15) is 4.79 Å². The Bertz CT molecular complexity index is 311. The standard InChI is InChI=1S/C9H16N4O2/c1-15-3-2-11-4-8-5-12-7-13(8)6-9(10)14/h5,7,11H,2-4,6H2,1H3,(H2,10,14). The lowest BCUT2D eigenvalue weighted by Gasteiger charge is -2.06. The molecule has 0 spiro atoms. The van der Waals surface area contributed by atoms with E-state index in [1.165, 1.54) is 0 Å². The van der Waals surface area contributed by atoms with Crippen molar-refractivity contribution in [3.8, 4) is 0 Å². The summed E-state index contributed by atoms with van der Waals surface area (Å²) in [7, 11) is 1.65. The van der Waals surface area contributed by atoms with E-state index in [0.29, 0.717) is 13.2 Å². The third-order valence-corrected chi connectivity index (χ3v) is 1.91. The van der Waals surface area contributed by atoms with E-state index in [1.54, 1.807) is 24.2 Å². The van der Waals surface area contributed by atoms with E-state index >= 15 is 0 Å². The first kappa shape index (κ1) is 11.7. The fourth-order valence-corrected chi connectivity index (χ4v) is 1.20. The van der Waals surface area contributed by atoms with Crippen molar-refractivity contribution in [2.24, 2.45) is 5.73 Å². The van der Waals surface area contributed by atoms with Crippen LogP contribution in [0.5, 0.6) is 0 Å². The molecule has 0 bridgehead atoms. The quantitative estimate of drug-likeness (QED) is 0.574. The number of carbonyl (C=O) groups is 1. The fourth-order valence-electron chi connectivity index (χ4n) is 1.20. The highest BCUT2D eigenvalue weighted by Gasteiger charge is 2.03. The van der Waals surface area contributed by atoms with E-state index in [4.69, 9.17) is 10.5 Å². The van der Waals surface area contributed by atoms with Gasteiger partial charge in [-0.1, -0.05) is 0 Å². The van der Waals surface area contributed by atoms with Gasteiger partial charge in [-0.15, -0.1) is 0 Å². The zero-order valence-electron chi connectivity index (χ0n) is 8.77. The molecule has 6 nitrogen and oxygen atoms in total. The number of imidazole rings is 1. The minimum atomic E-state index is -0.369. The number of nitrogens with one attached hydrogen (secondary N) is 1. The zero-order chi connectivity index (χ0) is 11.1. The molecule has 84 valence electrons. The van der Waals surface area contributed by atoms with Crippen LogP contribution in [0, 0.1) is 0 Å². The fraction of sp³-hybridized carbons (Fsp3) is 0.556. The highest BCUT2D eigenvalue weighted by molar-refractivity contribution is 5.73. The molecule has 1 rings (SSSR count). The van der Waals surface area contributed by atoms with Gasteiger partial charge in [0, 0.05) is 26.4 Å². The number of methoxy groups -OCH3 is 1. The number of hydrogen-bond acceptors (Lipinski definition) is 4. The van der Waals surface area contributed by atoms with Gasteiger partial charge in [0.15, 0.2) is 0 Å². The Morgan fingerprint density at radius 1 is 1.73 bits per heavy atom. The Morgan fingerprint density at radius 3 is 3.20 bits per heavy atom. The summed E-state index contributed by atoms with van der Waals surface area (Å²) in [6.45, 7) is 2.24. The maximum Gasteiger partial charge on any atom is 0.237 e. The molecule has 0 fully saturated rings. The average Bonchev–Trinajstić information content (AvgIpc) is 2.59. The summed E-state index contributed by atoms with van der Waals surface area (Å²) in [6, 6.07) is 0. The predicted octanol–water partition coefficient (Wildman–Crippen LogP) is -0.896. The Labute approximate surface area is 88.4 Å². The number of nitrogens with two attached hydrogens (primary N) is 1. The molecule has 0 aliphatic rings. The highest BCUT2D eigenvalue weighted by Crippen LogP contribution is 1.97. The van der Waals surface area contributed by atoms with Crippen LogP contribution in [0.1, 0.15) is 5.69 Å². The second-order valence-electron chi connectivity index (χ2n) is 3.15. The lowest BCUT2D eigenvalue weighted by molar-refractivity contribution is -0.118. The SMILES string of the molecule is COCCNCc1cncn1CC(N)=O. The number of primary amides is 1. The van der Waals surface area contributed by atoms with E-state index < -0.39 is 0 Å². The number of aromatic nitrogens is 2. The lowest BCUT2D eigenvalue weighted by Crippen LogP contribution is -2.23. The number of nitrogens with zero attached hydrogens (tertiary/aromatic N) is 2. The summed E-state index contributed by atoms with van der Waals surface area (Å²) < 4.78 is 6.62. The van der Waals surface area contributed by atoms with Gasteiger partial charge >= 0.3 is 0 Å². The Kier molecular flexibility index (Phi) is 4.79. The lowest BCUT2D eigenvalue weighted by atomic mass is 10.4. The van der Waals surface area contributed by atoms with Crippen LogP contribution in [0.25, 0.3) is 0 Å². The molecule has 0 aromatic carbocycles. The molecule has 0 unspecified atom stereocenters.